The van der Waals surface area contributed by atoms with Crippen molar-refractivity contribution in [3.8, 4) is 11.5 Å². The molecule has 2 rings (SSSR count). The van der Waals surface area contributed by atoms with E-state index in [-0.39, 0.29) is 18.4 Å². The molecule has 2 heterocycles. The van der Waals surface area contributed by atoms with Gasteiger partial charge in [0, 0.05) is 24.7 Å². The number of carboxylic acids is 1. The minimum atomic E-state index is -0.891. The third kappa shape index (κ3) is 3.67. The zero-order valence-electron chi connectivity index (χ0n) is 11.5. The quantitative estimate of drug-likeness (QED) is 0.824. The normalized spacial score (nSPS) is 11.8. The number of hydrogen-bond donors (Lipinski definition) is 2. The van der Waals surface area contributed by atoms with Gasteiger partial charge in [-0.3, -0.25) is 4.79 Å². The van der Waals surface area contributed by atoms with Crippen molar-refractivity contribution < 1.29 is 14.4 Å². The Hall–Kier alpha value is -2.15. The lowest BCUT2D eigenvalue weighted by atomic mass is 10.1. The molecule has 2 aromatic rings. The third-order valence-corrected chi connectivity index (χ3v) is 2.66. The zero-order chi connectivity index (χ0) is 14.8. The fraction of sp³-hybridized carbons (Fsp3) is 0.462. The number of hydrogen-bond acceptors (Lipinski definition) is 5. The van der Waals surface area contributed by atoms with E-state index in [1.54, 1.807) is 0 Å². The summed E-state index contributed by atoms with van der Waals surface area (Å²) in [6.07, 6.45) is 2.10. The lowest BCUT2D eigenvalue weighted by molar-refractivity contribution is -0.137. The molecule has 0 aliphatic carbocycles. The number of rotatable bonds is 6. The number of carbonyl (C=O) groups is 1. The second-order valence-corrected chi connectivity index (χ2v) is 5.42. The van der Waals surface area contributed by atoms with Crippen LogP contribution in [-0.4, -0.2) is 31.3 Å². The van der Waals surface area contributed by atoms with Gasteiger partial charge < -0.3 is 19.9 Å². The first-order valence-electron chi connectivity index (χ1n) is 6.34. The van der Waals surface area contributed by atoms with Gasteiger partial charge in [0.05, 0.1) is 12.1 Å². The van der Waals surface area contributed by atoms with Gasteiger partial charge in [0.1, 0.15) is 0 Å². The first-order chi connectivity index (χ1) is 9.35. The maximum Gasteiger partial charge on any atom is 0.303 e. The minimum absolute atomic E-state index is 0.0293. The molecule has 108 valence electrons. The molecule has 0 atom stereocenters. The Bertz CT molecular complexity index is 595. The van der Waals surface area contributed by atoms with Crippen LogP contribution in [0.5, 0.6) is 0 Å². The molecule has 2 aromatic heterocycles. The van der Waals surface area contributed by atoms with Gasteiger partial charge >= 0.3 is 5.97 Å². The fourth-order valence-corrected chi connectivity index (χ4v) is 1.87. The summed E-state index contributed by atoms with van der Waals surface area (Å²) in [7, 11) is 0. The average molecular weight is 278 g/mol. The zero-order valence-corrected chi connectivity index (χ0v) is 11.5. The summed E-state index contributed by atoms with van der Waals surface area (Å²) in [6.45, 7) is 4.49. The Morgan fingerprint density at radius 3 is 2.95 bits per heavy atom. The molecule has 0 amide bonds. The molecule has 0 saturated heterocycles. The minimum Gasteiger partial charge on any atom is -0.481 e. The predicted octanol–water partition coefficient (Wildman–Crippen LogP) is 1.29. The van der Waals surface area contributed by atoms with Crippen molar-refractivity contribution in [1.82, 2.24) is 14.7 Å². The van der Waals surface area contributed by atoms with Crippen molar-refractivity contribution in [2.75, 3.05) is 0 Å². The van der Waals surface area contributed by atoms with Gasteiger partial charge in [-0.1, -0.05) is 5.16 Å². The highest BCUT2D eigenvalue weighted by Crippen LogP contribution is 2.19. The van der Waals surface area contributed by atoms with E-state index in [1.165, 1.54) is 0 Å². The number of aryl methyl sites for hydroxylation is 1. The molecule has 0 unspecified atom stereocenters. The van der Waals surface area contributed by atoms with Gasteiger partial charge in [0.2, 0.25) is 11.7 Å². The van der Waals surface area contributed by atoms with Crippen LogP contribution >= 0.6 is 0 Å². The van der Waals surface area contributed by atoms with Crippen LogP contribution < -0.4 is 5.73 Å². The van der Waals surface area contributed by atoms with Gasteiger partial charge in [-0.2, -0.15) is 4.98 Å². The Morgan fingerprint density at radius 1 is 1.55 bits per heavy atom. The fourth-order valence-electron chi connectivity index (χ4n) is 1.87. The number of aliphatic carboxylic acids is 1. The Balaban J connectivity index is 2.16. The van der Waals surface area contributed by atoms with Crippen LogP contribution in [0.4, 0.5) is 0 Å². The highest BCUT2D eigenvalue weighted by Gasteiger charge is 2.17. The van der Waals surface area contributed by atoms with Crippen LogP contribution in [-0.2, 0) is 17.8 Å². The van der Waals surface area contributed by atoms with Crippen molar-refractivity contribution in [2.45, 2.75) is 38.8 Å². The summed E-state index contributed by atoms with van der Waals surface area (Å²) in [4.78, 5) is 14.7. The van der Waals surface area contributed by atoms with Crippen LogP contribution in [0.3, 0.4) is 0 Å². The molecular formula is C13H18N4O3. The van der Waals surface area contributed by atoms with Crippen molar-refractivity contribution in [3.63, 3.8) is 0 Å². The van der Waals surface area contributed by atoms with Crippen molar-refractivity contribution in [1.29, 1.82) is 0 Å². The van der Waals surface area contributed by atoms with Gasteiger partial charge in [0.25, 0.3) is 0 Å². The molecule has 7 nitrogen and oxygen atoms in total. The Labute approximate surface area is 116 Å². The summed E-state index contributed by atoms with van der Waals surface area (Å²) >= 11 is 0. The molecule has 0 aliphatic heterocycles. The summed E-state index contributed by atoms with van der Waals surface area (Å²) in [5.41, 5.74) is 6.45. The predicted molar refractivity (Wildman–Crippen MR) is 71.9 cm³/mol. The maximum atomic E-state index is 10.5. The number of carboxylic acid groups (broad SMARTS) is 1. The number of nitrogens with two attached hydrogens (primary N) is 1. The van der Waals surface area contributed by atoms with Crippen LogP contribution in [0.15, 0.2) is 22.9 Å². The van der Waals surface area contributed by atoms with Crippen LogP contribution in [0.2, 0.25) is 0 Å². The van der Waals surface area contributed by atoms with E-state index in [1.807, 2.05) is 36.7 Å². The van der Waals surface area contributed by atoms with Crippen LogP contribution in [0, 0.1) is 0 Å². The van der Waals surface area contributed by atoms with Crippen molar-refractivity contribution in [2.24, 2.45) is 5.73 Å². The number of nitrogens with zero attached hydrogens (tertiary/aromatic N) is 3. The first kappa shape index (κ1) is 14.3. The molecule has 0 aromatic carbocycles. The number of aromatic nitrogens is 3. The van der Waals surface area contributed by atoms with Gasteiger partial charge in [-0.25, -0.2) is 0 Å². The van der Waals surface area contributed by atoms with Gasteiger partial charge in [-0.15, -0.1) is 0 Å². The van der Waals surface area contributed by atoms with Crippen molar-refractivity contribution in [3.05, 3.63) is 24.2 Å². The average Bonchev–Trinajstić information content (AvgIpc) is 2.92. The highest BCUT2D eigenvalue weighted by atomic mass is 16.5. The monoisotopic (exact) mass is 278 g/mol. The maximum absolute atomic E-state index is 10.5. The van der Waals surface area contributed by atoms with Crippen LogP contribution in [0.1, 0.15) is 26.2 Å². The van der Waals surface area contributed by atoms with E-state index in [2.05, 4.69) is 10.1 Å². The molecule has 0 aliphatic rings. The SMILES string of the molecule is CC(C)(N)Cn1cccc1-c1noc(CCC(=O)O)n1. The second-order valence-electron chi connectivity index (χ2n) is 5.42. The van der Waals surface area contributed by atoms with Crippen molar-refractivity contribution >= 4 is 5.97 Å². The summed E-state index contributed by atoms with van der Waals surface area (Å²) in [5.74, 6) is -0.125. The Morgan fingerprint density at radius 2 is 2.30 bits per heavy atom. The molecule has 0 fully saturated rings. The molecule has 0 radical (unpaired) electrons. The van der Waals surface area contributed by atoms with E-state index < -0.39 is 5.97 Å². The second kappa shape index (κ2) is 5.46. The molecule has 0 saturated carbocycles. The topological polar surface area (TPSA) is 107 Å². The molecule has 7 heteroatoms. The summed E-state index contributed by atoms with van der Waals surface area (Å²) in [5, 5.41) is 12.5. The molecular weight excluding hydrogens is 260 g/mol. The smallest absolute Gasteiger partial charge is 0.303 e. The van der Waals surface area contributed by atoms with E-state index in [9.17, 15) is 4.79 Å². The Kier molecular flexibility index (Phi) is 3.89. The summed E-state index contributed by atoms with van der Waals surface area (Å²) in [6, 6.07) is 3.76. The third-order valence-electron chi connectivity index (χ3n) is 2.66. The summed E-state index contributed by atoms with van der Waals surface area (Å²) < 4.78 is 7.01. The lowest BCUT2D eigenvalue weighted by Crippen LogP contribution is -2.37. The van der Waals surface area contributed by atoms with E-state index in [0.717, 1.165) is 5.69 Å². The molecule has 3 N–H and O–H groups in total. The van der Waals surface area contributed by atoms with E-state index >= 15 is 0 Å². The van der Waals surface area contributed by atoms with Gasteiger partial charge in [-0.05, 0) is 26.0 Å². The first-order valence-corrected chi connectivity index (χ1v) is 6.34. The molecule has 0 bridgehead atoms. The standard InChI is InChI=1S/C13H18N4O3/c1-13(2,14)8-17-7-3-4-9(17)12-15-10(20-16-12)5-6-11(18)19/h3-4,7H,5-6,8,14H2,1-2H3,(H,18,19). The molecule has 20 heavy (non-hydrogen) atoms. The largest absolute Gasteiger partial charge is 0.481 e. The van der Waals surface area contributed by atoms with E-state index in [4.69, 9.17) is 15.4 Å². The van der Waals surface area contributed by atoms with Crippen LogP contribution in [0.25, 0.3) is 11.5 Å². The van der Waals surface area contributed by atoms with E-state index in [0.29, 0.717) is 18.3 Å². The highest BCUT2D eigenvalue weighted by molar-refractivity contribution is 5.66. The molecule has 0 spiro atoms. The lowest BCUT2D eigenvalue weighted by Gasteiger charge is -2.20. The van der Waals surface area contributed by atoms with Gasteiger partial charge in [0.15, 0.2) is 0 Å².